The van der Waals surface area contributed by atoms with Gasteiger partial charge in [-0.05, 0) is 6.42 Å². The fourth-order valence-corrected chi connectivity index (χ4v) is 2.05. The molecule has 0 unspecified atom stereocenters. The van der Waals surface area contributed by atoms with Crippen LogP contribution in [0.15, 0.2) is 12.5 Å². The maximum atomic E-state index is 5.88. The lowest BCUT2D eigenvalue weighted by molar-refractivity contribution is 0.0340. The minimum absolute atomic E-state index is 0.304. The Kier molecular flexibility index (Phi) is 1.96. The van der Waals surface area contributed by atoms with E-state index in [0.29, 0.717) is 6.04 Å². The van der Waals surface area contributed by atoms with E-state index in [-0.39, 0.29) is 0 Å². The van der Waals surface area contributed by atoms with E-state index >= 15 is 0 Å². The second-order valence-electron chi connectivity index (χ2n) is 3.98. The molecule has 6 nitrogen and oxygen atoms in total. The van der Waals surface area contributed by atoms with Gasteiger partial charge in [-0.1, -0.05) is 0 Å². The molecule has 1 aromatic rings. The topological polar surface area (TPSA) is 63.2 Å². The van der Waals surface area contributed by atoms with Crippen molar-refractivity contribution in [3.8, 4) is 0 Å². The molecule has 1 fully saturated rings. The zero-order valence-electron chi connectivity index (χ0n) is 8.45. The molecule has 1 atom stereocenters. The van der Waals surface area contributed by atoms with E-state index in [9.17, 15) is 0 Å². The van der Waals surface area contributed by atoms with Crippen LogP contribution in [0, 0.1) is 0 Å². The van der Waals surface area contributed by atoms with Crippen LogP contribution in [0.1, 0.15) is 12.2 Å². The predicted molar refractivity (Wildman–Crippen MR) is 55.1 cm³/mol. The molecule has 0 spiro atoms. The monoisotopic (exact) mass is 206 g/mol. The van der Waals surface area contributed by atoms with Crippen LogP contribution in [0.5, 0.6) is 0 Å². The third-order valence-corrected chi connectivity index (χ3v) is 2.90. The number of nitrogens with two attached hydrogens (primary N) is 1. The molecule has 2 aliphatic rings. The van der Waals surface area contributed by atoms with Gasteiger partial charge in [0.15, 0.2) is 5.82 Å². The van der Waals surface area contributed by atoms with Gasteiger partial charge in [-0.3, -0.25) is 0 Å². The molecule has 1 saturated heterocycles. The molecule has 0 saturated carbocycles. The zero-order valence-corrected chi connectivity index (χ0v) is 8.45. The Labute approximate surface area is 87.9 Å². The van der Waals surface area contributed by atoms with Crippen LogP contribution in [0.4, 0.5) is 0 Å². The first-order valence-corrected chi connectivity index (χ1v) is 5.17. The first-order chi connectivity index (χ1) is 7.33. The Morgan fingerprint density at radius 3 is 3.13 bits per heavy atom. The van der Waals surface area contributed by atoms with Gasteiger partial charge in [-0.25, -0.2) is 14.7 Å². The fourth-order valence-electron chi connectivity index (χ4n) is 2.05. The van der Waals surface area contributed by atoms with E-state index in [0.717, 1.165) is 31.9 Å². The Morgan fingerprint density at radius 2 is 2.33 bits per heavy atom. The number of rotatable bonds is 1. The average molecular weight is 206 g/mol. The number of nitrogens with zero attached hydrogens (tertiary/aromatic N) is 5. The number of hydrogen-bond acceptors (Lipinski definition) is 5. The van der Waals surface area contributed by atoms with E-state index in [1.54, 1.807) is 11.0 Å². The second-order valence-corrected chi connectivity index (χ2v) is 3.98. The molecular weight excluding hydrogens is 192 g/mol. The molecule has 3 rings (SSSR count). The van der Waals surface area contributed by atoms with Gasteiger partial charge in [-0.2, -0.15) is 5.10 Å². The summed E-state index contributed by atoms with van der Waals surface area (Å²) in [5.74, 6) is 0.970. The van der Waals surface area contributed by atoms with Crippen molar-refractivity contribution in [1.82, 2.24) is 24.8 Å². The van der Waals surface area contributed by atoms with Crippen molar-refractivity contribution in [3.05, 3.63) is 18.4 Å². The summed E-state index contributed by atoms with van der Waals surface area (Å²) >= 11 is 0. The number of hydrogen-bond donors (Lipinski definition) is 1. The quantitative estimate of drug-likeness (QED) is 0.669. The van der Waals surface area contributed by atoms with Crippen LogP contribution in [-0.4, -0.2) is 43.9 Å². The number of aromatic nitrogens is 3. The molecule has 0 aromatic carbocycles. The lowest BCUT2D eigenvalue weighted by atomic mass is 10.3. The summed E-state index contributed by atoms with van der Waals surface area (Å²) in [6.45, 7) is 2.74. The Morgan fingerprint density at radius 1 is 1.40 bits per heavy atom. The predicted octanol–water partition coefficient (Wildman–Crippen LogP) is -0.530. The summed E-state index contributed by atoms with van der Waals surface area (Å²) < 4.78 is 1.80. The molecule has 0 radical (unpaired) electrons. The van der Waals surface area contributed by atoms with Crippen molar-refractivity contribution in [2.24, 2.45) is 5.73 Å². The Bertz CT molecular complexity index is 384. The summed E-state index contributed by atoms with van der Waals surface area (Å²) in [6, 6.07) is 0.304. The summed E-state index contributed by atoms with van der Waals surface area (Å²) in [5, 5.41) is 8.51. The zero-order chi connectivity index (χ0) is 10.3. The van der Waals surface area contributed by atoms with Gasteiger partial charge < -0.3 is 10.7 Å². The molecule has 0 aliphatic carbocycles. The first-order valence-electron chi connectivity index (χ1n) is 5.17. The summed E-state index contributed by atoms with van der Waals surface area (Å²) in [6.07, 6.45) is 6.60. The van der Waals surface area contributed by atoms with Crippen LogP contribution in [-0.2, 0) is 6.54 Å². The summed E-state index contributed by atoms with van der Waals surface area (Å²) in [7, 11) is 0. The largest absolute Gasteiger partial charge is 0.326 e. The van der Waals surface area contributed by atoms with Crippen molar-refractivity contribution in [1.29, 1.82) is 0 Å². The van der Waals surface area contributed by atoms with Gasteiger partial charge >= 0.3 is 0 Å². The minimum Gasteiger partial charge on any atom is -0.326 e. The van der Waals surface area contributed by atoms with Crippen LogP contribution in [0.2, 0.25) is 0 Å². The molecule has 15 heavy (non-hydrogen) atoms. The standard InChI is InChI=1S/C9H14N6/c10-8-1-2-13(5-8)14-3-4-15-9(6-14)11-7-12-15/h3-4,7-8H,1-2,5-6,10H2/t8-/m0/s1. The van der Waals surface area contributed by atoms with Crippen LogP contribution in [0.25, 0.3) is 6.20 Å². The van der Waals surface area contributed by atoms with Crippen LogP contribution >= 0.6 is 0 Å². The highest BCUT2D eigenvalue weighted by atomic mass is 15.6. The van der Waals surface area contributed by atoms with E-state index in [2.05, 4.69) is 20.1 Å². The van der Waals surface area contributed by atoms with Gasteiger partial charge in [0.25, 0.3) is 0 Å². The highest BCUT2D eigenvalue weighted by Gasteiger charge is 2.25. The lowest BCUT2D eigenvalue weighted by Crippen LogP contribution is -2.40. The summed E-state index contributed by atoms with van der Waals surface area (Å²) in [5.41, 5.74) is 5.88. The van der Waals surface area contributed by atoms with Gasteiger partial charge in [-0.15, -0.1) is 0 Å². The van der Waals surface area contributed by atoms with E-state index in [1.165, 1.54) is 0 Å². The maximum Gasteiger partial charge on any atom is 0.152 e. The number of hydrazine groups is 1. The SMILES string of the molecule is N[C@H]1CCN(N2C=Cn3ncnc3C2)C1. The van der Waals surface area contributed by atoms with Gasteiger partial charge in [0.05, 0.1) is 6.54 Å². The average Bonchev–Trinajstić information content (AvgIpc) is 2.84. The normalized spacial score (nSPS) is 25.9. The molecule has 1 aromatic heterocycles. The minimum atomic E-state index is 0.304. The van der Waals surface area contributed by atoms with E-state index in [1.807, 2.05) is 12.4 Å². The van der Waals surface area contributed by atoms with Crippen molar-refractivity contribution in [2.45, 2.75) is 19.0 Å². The molecule has 2 aliphatic heterocycles. The second kappa shape index (κ2) is 3.32. The fraction of sp³-hybridized carbons (Fsp3) is 0.556. The van der Waals surface area contributed by atoms with Crippen molar-refractivity contribution in [2.75, 3.05) is 13.1 Å². The molecule has 3 heterocycles. The van der Waals surface area contributed by atoms with E-state index < -0.39 is 0 Å². The van der Waals surface area contributed by atoms with Gasteiger partial charge in [0.2, 0.25) is 0 Å². The van der Waals surface area contributed by atoms with Gasteiger partial charge in [0.1, 0.15) is 6.33 Å². The van der Waals surface area contributed by atoms with E-state index in [4.69, 9.17) is 5.73 Å². The van der Waals surface area contributed by atoms with Crippen molar-refractivity contribution in [3.63, 3.8) is 0 Å². The lowest BCUT2D eigenvalue weighted by Gasteiger charge is -2.31. The highest BCUT2D eigenvalue weighted by Crippen LogP contribution is 2.16. The van der Waals surface area contributed by atoms with Crippen LogP contribution < -0.4 is 5.73 Å². The molecule has 6 heteroatoms. The molecule has 80 valence electrons. The third-order valence-electron chi connectivity index (χ3n) is 2.90. The molecule has 0 bridgehead atoms. The smallest absolute Gasteiger partial charge is 0.152 e. The third kappa shape index (κ3) is 1.51. The first kappa shape index (κ1) is 8.87. The van der Waals surface area contributed by atoms with Crippen LogP contribution in [0.3, 0.4) is 0 Å². The molecule has 0 amide bonds. The summed E-state index contributed by atoms with van der Waals surface area (Å²) in [4.78, 5) is 4.20. The van der Waals surface area contributed by atoms with Crippen molar-refractivity contribution < 1.29 is 0 Å². The highest BCUT2D eigenvalue weighted by molar-refractivity contribution is 5.23. The molecular formula is C9H14N6. The van der Waals surface area contributed by atoms with Gasteiger partial charge in [0, 0.05) is 31.5 Å². The number of fused-ring (bicyclic) bond motifs is 1. The Balaban J connectivity index is 1.76. The molecule has 2 N–H and O–H groups in total. The Hall–Kier alpha value is -1.40. The maximum absolute atomic E-state index is 5.88. The van der Waals surface area contributed by atoms with Crippen molar-refractivity contribution >= 4 is 6.20 Å².